The first kappa shape index (κ1) is 14.7. The molecule has 94 valence electrons. The van der Waals surface area contributed by atoms with Gasteiger partial charge in [-0.2, -0.15) is 0 Å². The molecule has 0 aromatic carbocycles. The molecule has 0 amide bonds. The van der Waals surface area contributed by atoms with Gasteiger partial charge in [0.25, 0.3) is 0 Å². The first-order valence-electron chi connectivity index (χ1n) is 5.13. The molecule has 0 heterocycles. The van der Waals surface area contributed by atoms with Crippen LogP contribution in [-0.4, -0.2) is 42.3 Å². The Hall–Kier alpha value is -1.34. The summed E-state index contributed by atoms with van der Waals surface area (Å²) in [6.45, 7) is 1.10. The van der Waals surface area contributed by atoms with Crippen LogP contribution in [0.2, 0.25) is 0 Å². The van der Waals surface area contributed by atoms with Crippen LogP contribution in [0.1, 0.15) is 25.7 Å². The summed E-state index contributed by atoms with van der Waals surface area (Å²) in [5, 5.41) is 19.9. The second-order valence-electron chi connectivity index (χ2n) is 3.23. The highest BCUT2D eigenvalue weighted by Crippen LogP contribution is 1.96. The number of nitrogens with two attached hydrogens (primary N) is 1. The van der Waals surface area contributed by atoms with Gasteiger partial charge in [-0.1, -0.05) is 5.16 Å². The number of hydrogen-bond donors (Lipinski definition) is 4. The number of nitrogens with one attached hydrogen (secondary N) is 1. The van der Waals surface area contributed by atoms with Gasteiger partial charge in [0.15, 0.2) is 0 Å². The van der Waals surface area contributed by atoms with Crippen LogP contribution in [0, 0.1) is 0 Å². The van der Waals surface area contributed by atoms with Crippen molar-refractivity contribution in [2.45, 2.75) is 25.7 Å². The second kappa shape index (κ2) is 10.2. The quantitative estimate of drug-likeness (QED) is 0.158. The van der Waals surface area contributed by atoms with Crippen LogP contribution in [0.25, 0.3) is 0 Å². The van der Waals surface area contributed by atoms with Crippen molar-refractivity contribution in [3.63, 3.8) is 0 Å². The fourth-order valence-electron chi connectivity index (χ4n) is 1.05. The molecule has 7 nitrogen and oxygen atoms in total. The van der Waals surface area contributed by atoms with Gasteiger partial charge in [-0.05, 0) is 12.8 Å². The van der Waals surface area contributed by atoms with Gasteiger partial charge in [-0.25, -0.2) is 0 Å². The molecule has 16 heavy (non-hydrogen) atoms. The smallest absolute Gasteiger partial charge is 0.139 e. The molecule has 0 bridgehead atoms. The van der Waals surface area contributed by atoms with E-state index in [1.165, 1.54) is 0 Å². The van der Waals surface area contributed by atoms with E-state index < -0.39 is 0 Å². The third kappa shape index (κ3) is 8.01. The van der Waals surface area contributed by atoms with Gasteiger partial charge in [-0.3, -0.25) is 15.7 Å². The summed E-state index contributed by atoms with van der Waals surface area (Å²) >= 11 is 0. The molecule has 5 N–H and O–H groups in total. The Bertz CT molecular complexity index is 231. The highest BCUT2D eigenvalue weighted by molar-refractivity contribution is 5.81. The number of hydroxylamine groups is 1. The van der Waals surface area contributed by atoms with Gasteiger partial charge in [0, 0.05) is 26.5 Å². The van der Waals surface area contributed by atoms with Crippen molar-refractivity contribution in [3.8, 4) is 0 Å². The molecular weight excluding hydrogens is 212 g/mol. The Morgan fingerprint density at radius 2 is 2.12 bits per heavy atom. The molecule has 0 spiro atoms. The van der Waals surface area contributed by atoms with E-state index >= 15 is 0 Å². The number of hydrogen-bond acceptors (Lipinski definition) is 5. The Balaban J connectivity index is 3.62. The average molecular weight is 232 g/mol. The van der Waals surface area contributed by atoms with Crippen LogP contribution in [0.3, 0.4) is 0 Å². The number of amidine groups is 2. The number of aliphatic imine (C=N–C) groups is 1. The van der Waals surface area contributed by atoms with E-state index in [0.717, 1.165) is 12.8 Å². The zero-order valence-corrected chi connectivity index (χ0v) is 9.52. The summed E-state index contributed by atoms with van der Waals surface area (Å²) in [6, 6.07) is 0. The van der Waals surface area contributed by atoms with Crippen LogP contribution < -0.4 is 11.2 Å². The molecule has 7 heteroatoms. The highest BCUT2D eigenvalue weighted by Gasteiger charge is 1.97. The fraction of sp³-hybridized carbons (Fsp3) is 0.778. The Labute approximate surface area is 94.9 Å². The lowest BCUT2D eigenvalue weighted by Gasteiger charge is -2.04. The lowest BCUT2D eigenvalue weighted by molar-refractivity contribution is 0.195. The monoisotopic (exact) mass is 232 g/mol. The third-order valence-electron chi connectivity index (χ3n) is 1.94. The van der Waals surface area contributed by atoms with Gasteiger partial charge in [0.1, 0.15) is 11.7 Å². The summed E-state index contributed by atoms with van der Waals surface area (Å²) in [4.78, 5) is 4.13. The van der Waals surface area contributed by atoms with E-state index in [-0.39, 0.29) is 5.84 Å². The summed E-state index contributed by atoms with van der Waals surface area (Å²) in [7, 11) is 1.59. The van der Waals surface area contributed by atoms with Crippen LogP contribution >= 0.6 is 0 Å². The van der Waals surface area contributed by atoms with Crippen molar-refractivity contribution in [1.29, 1.82) is 0 Å². The van der Waals surface area contributed by atoms with E-state index in [1.54, 1.807) is 7.11 Å². The molecule has 0 aliphatic rings. The van der Waals surface area contributed by atoms with Crippen molar-refractivity contribution in [2.75, 3.05) is 20.3 Å². The predicted molar refractivity (Wildman–Crippen MR) is 61.0 cm³/mol. The number of nitrogens with zero attached hydrogens (tertiary/aromatic N) is 2. The number of methoxy groups -OCH3 is 1. The summed E-state index contributed by atoms with van der Waals surface area (Å²) in [6.07, 6.45) is 2.70. The molecular formula is C9H20N4O3. The highest BCUT2D eigenvalue weighted by atomic mass is 16.5. The molecule has 0 fully saturated rings. The molecule has 0 rings (SSSR count). The van der Waals surface area contributed by atoms with Crippen molar-refractivity contribution in [2.24, 2.45) is 15.9 Å². The summed E-state index contributed by atoms with van der Waals surface area (Å²) < 4.78 is 4.86. The van der Waals surface area contributed by atoms with E-state index in [1.807, 2.05) is 5.48 Å². The third-order valence-corrected chi connectivity index (χ3v) is 1.94. The van der Waals surface area contributed by atoms with Crippen LogP contribution in [0.5, 0.6) is 0 Å². The summed E-state index contributed by atoms with van der Waals surface area (Å²) in [5.41, 5.74) is 7.33. The van der Waals surface area contributed by atoms with Crippen molar-refractivity contribution in [1.82, 2.24) is 5.48 Å². The molecule has 0 radical (unpaired) electrons. The summed E-state index contributed by atoms with van der Waals surface area (Å²) in [5.74, 6) is 0.731. The zero-order valence-electron chi connectivity index (χ0n) is 9.52. The lowest BCUT2D eigenvalue weighted by atomic mass is 10.2. The molecule has 0 atom stereocenters. The maximum Gasteiger partial charge on any atom is 0.139 e. The van der Waals surface area contributed by atoms with Crippen LogP contribution in [-0.2, 0) is 4.74 Å². The van der Waals surface area contributed by atoms with Gasteiger partial charge in [0.2, 0.25) is 0 Å². The first-order chi connectivity index (χ1) is 7.74. The van der Waals surface area contributed by atoms with Gasteiger partial charge >= 0.3 is 0 Å². The largest absolute Gasteiger partial charge is 0.409 e. The Morgan fingerprint density at radius 3 is 2.69 bits per heavy atom. The van der Waals surface area contributed by atoms with Gasteiger partial charge in [-0.15, -0.1) is 0 Å². The SMILES string of the molecule is COCCC(=NCCCC/C(N)=N/O)NO. The maximum absolute atomic E-state index is 8.73. The molecule has 0 aromatic heterocycles. The van der Waals surface area contributed by atoms with E-state index in [0.29, 0.717) is 31.8 Å². The van der Waals surface area contributed by atoms with Gasteiger partial charge in [0.05, 0.1) is 6.61 Å². The molecule has 0 saturated carbocycles. The van der Waals surface area contributed by atoms with Gasteiger partial charge < -0.3 is 15.7 Å². The van der Waals surface area contributed by atoms with E-state index in [2.05, 4.69) is 10.1 Å². The van der Waals surface area contributed by atoms with E-state index in [4.69, 9.17) is 20.9 Å². The maximum atomic E-state index is 8.73. The van der Waals surface area contributed by atoms with Crippen molar-refractivity contribution in [3.05, 3.63) is 0 Å². The standard InChI is InChI=1S/C9H20N4O3/c1-16-7-5-9(13-15)11-6-3-2-4-8(10)12-14/h14-15H,2-7H2,1H3,(H2,10,12)(H,11,13). The number of rotatable bonds is 8. The molecule has 0 aliphatic heterocycles. The fourth-order valence-corrected chi connectivity index (χ4v) is 1.05. The molecule has 0 unspecified atom stereocenters. The Morgan fingerprint density at radius 1 is 1.38 bits per heavy atom. The number of oxime groups is 1. The van der Waals surface area contributed by atoms with E-state index in [9.17, 15) is 0 Å². The molecule has 0 aromatic rings. The number of unbranched alkanes of at least 4 members (excludes halogenated alkanes) is 1. The first-order valence-corrected chi connectivity index (χ1v) is 5.13. The minimum Gasteiger partial charge on any atom is -0.409 e. The molecule has 0 saturated heterocycles. The average Bonchev–Trinajstić information content (AvgIpc) is 2.32. The van der Waals surface area contributed by atoms with Crippen LogP contribution in [0.4, 0.5) is 0 Å². The minimum absolute atomic E-state index is 0.226. The van der Waals surface area contributed by atoms with Crippen LogP contribution in [0.15, 0.2) is 10.1 Å². The van der Waals surface area contributed by atoms with Crippen molar-refractivity contribution < 1.29 is 15.2 Å². The normalized spacial score (nSPS) is 12.9. The predicted octanol–water partition coefficient (Wildman–Crippen LogP) is 0.317. The minimum atomic E-state index is 0.226. The second-order valence-corrected chi connectivity index (χ2v) is 3.23. The Kier molecular flexibility index (Phi) is 9.33. The number of ether oxygens (including phenoxy) is 1. The lowest BCUT2D eigenvalue weighted by Crippen LogP contribution is -2.21. The zero-order chi connectivity index (χ0) is 12.2. The van der Waals surface area contributed by atoms with Crippen molar-refractivity contribution >= 4 is 11.7 Å². The topological polar surface area (TPSA) is 112 Å². The molecule has 0 aliphatic carbocycles.